The van der Waals surface area contributed by atoms with Crippen molar-refractivity contribution in [2.45, 2.75) is 26.4 Å². The Balaban J connectivity index is 2.16. The van der Waals surface area contributed by atoms with E-state index in [2.05, 4.69) is 4.98 Å². The lowest BCUT2D eigenvalue weighted by Crippen LogP contribution is -2.26. The zero-order valence-corrected chi connectivity index (χ0v) is 15.8. The number of carboxylic acid groups (broad SMARTS) is 1. The first kappa shape index (κ1) is 19.6. The van der Waals surface area contributed by atoms with E-state index >= 15 is 0 Å². The number of rotatable bonds is 3. The quantitative estimate of drug-likeness (QED) is 0.656. The molecule has 0 aliphatic carbocycles. The molecule has 10 heteroatoms. The van der Waals surface area contributed by atoms with Gasteiger partial charge in [-0.05, 0) is 26.8 Å². The van der Waals surface area contributed by atoms with Crippen molar-refractivity contribution >= 4 is 40.1 Å². The first-order valence-corrected chi connectivity index (χ1v) is 8.83. The molecule has 0 amide bonds. The number of thiazole rings is 1. The van der Waals surface area contributed by atoms with Crippen LogP contribution in [0.25, 0.3) is 10.9 Å². The van der Waals surface area contributed by atoms with Crippen LogP contribution in [0.1, 0.15) is 46.6 Å². The molecule has 0 atom stereocenters. The molecule has 0 unspecified atom stereocenters. The molecule has 2 heterocycles. The highest BCUT2D eigenvalue weighted by Crippen LogP contribution is 2.28. The fraction of sp³-hybridized carbons (Fsp3) is 0.222. The third-order valence-electron chi connectivity index (χ3n) is 3.60. The van der Waals surface area contributed by atoms with Gasteiger partial charge < -0.3 is 9.84 Å². The Morgan fingerprint density at radius 2 is 1.82 bits per heavy atom. The van der Waals surface area contributed by atoms with Gasteiger partial charge in [0.15, 0.2) is 22.3 Å². The Kier molecular flexibility index (Phi) is 4.76. The third-order valence-corrected chi connectivity index (χ3v) is 4.44. The number of ether oxygens (including phenoxy) is 1. The van der Waals surface area contributed by atoms with Gasteiger partial charge >= 0.3 is 12.1 Å². The number of carboxylic acids is 1. The number of carbonyl (C=O) groups excluding carboxylic acids is 2. The average Bonchev–Trinajstić information content (AvgIpc) is 3.18. The molecule has 0 bridgehead atoms. The summed E-state index contributed by atoms with van der Waals surface area (Å²) >= 11 is 0.790. The summed E-state index contributed by atoms with van der Waals surface area (Å²) < 4.78 is 33.7. The van der Waals surface area contributed by atoms with Crippen LogP contribution in [0.3, 0.4) is 0 Å². The minimum atomic E-state index is -1.31. The number of hydrogen-bond donors (Lipinski definition) is 1. The van der Waals surface area contributed by atoms with E-state index in [9.17, 15) is 23.2 Å². The van der Waals surface area contributed by atoms with Crippen molar-refractivity contribution in [2.24, 2.45) is 0 Å². The fourth-order valence-corrected chi connectivity index (χ4v) is 3.20. The topological polar surface area (TPSA) is 98.5 Å². The van der Waals surface area contributed by atoms with E-state index < -0.39 is 35.1 Å². The summed E-state index contributed by atoms with van der Waals surface area (Å²) in [4.78, 5) is 39.9. The maximum absolute atomic E-state index is 13.8. The van der Waals surface area contributed by atoms with Crippen LogP contribution in [0.2, 0.25) is 0 Å². The van der Waals surface area contributed by atoms with E-state index in [0.29, 0.717) is 0 Å². The Morgan fingerprint density at radius 3 is 2.39 bits per heavy atom. The summed E-state index contributed by atoms with van der Waals surface area (Å²) in [7, 11) is 0. The second-order valence-corrected chi connectivity index (χ2v) is 7.71. The van der Waals surface area contributed by atoms with Gasteiger partial charge in [0.1, 0.15) is 5.60 Å². The first-order valence-electron chi connectivity index (χ1n) is 7.95. The SMILES string of the molecule is CC(C)(C)OC(=O)n1cc(C(=O)c2nc(C(=O)O)cs2)c2cc(F)c(F)cc21. The van der Waals surface area contributed by atoms with E-state index in [4.69, 9.17) is 9.84 Å². The monoisotopic (exact) mass is 408 g/mol. The Bertz CT molecular complexity index is 1130. The number of ketones is 1. The smallest absolute Gasteiger partial charge is 0.419 e. The van der Waals surface area contributed by atoms with Crippen molar-refractivity contribution in [3.63, 3.8) is 0 Å². The van der Waals surface area contributed by atoms with E-state index in [0.717, 1.165) is 34.2 Å². The van der Waals surface area contributed by atoms with E-state index in [1.165, 1.54) is 5.38 Å². The second-order valence-electron chi connectivity index (χ2n) is 6.85. The van der Waals surface area contributed by atoms with Crippen LogP contribution in [-0.4, -0.2) is 38.1 Å². The van der Waals surface area contributed by atoms with Crippen LogP contribution >= 0.6 is 11.3 Å². The highest BCUT2D eigenvalue weighted by atomic mass is 32.1. The molecule has 28 heavy (non-hydrogen) atoms. The number of benzene rings is 1. The van der Waals surface area contributed by atoms with Gasteiger partial charge in [-0.25, -0.2) is 23.4 Å². The lowest BCUT2D eigenvalue weighted by Gasteiger charge is -2.19. The third kappa shape index (κ3) is 3.63. The van der Waals surface area contributed by atoms with Crippen molar-refractivity contribution in [3.8, 4) is 0 Å². The molecule has 1 N–H and O–H groups in total. The van der Waals surface area contributed by atoms with Crippen LogP contribution in [0.15, 0.2) is 23.7 Å². The summed E-state index contributed by atoms with van der Waals surface area (Å²) in [5.74, 6) is -4.43. The zero-order chi connectivity index (χ0) is 20.8. The molecule has 3 aromatic rings. The molecule has 3 rings (SSSR count). The summed E-state index contributed by atoms with van der Waals surface area (Å²) in [6.45, 7) is 4.89. The predicted molar refractivity (Wildman–Crippen MR) is 96.0 cm³/mol. The Labute approximate surface area is 161 Å². The van der Waals surface area contributed by atoms with Gasteiger partial charge in [0.05, 0.1) is 11.1 Å². The van der Waals surface area contributed by atoms with Gasteiger partial charge in [-0.1, -0.05) is 0 Å². The second kappa shape index (κ2) is 6.79. The van der Waals surface area contributed by atoms with Gasteiger partial charge in [0, 0.05) is 23.0 Å². The molecule has 0 saturated heterocycles. The van der Waals surface area contributed by atoms with Gasteiger partial charge in [-0.3, -0.25) is 9.36 Å². The number of aromatic carboxylic acids is 1. The minimum Gasteiger partial charge on any atom is -0.476 e. The van der Waals surface area contributed by atoms with E-state index in [-0.39, 0.29) is 27.2 Å². The number of hydrogen-bond acceptors (Lipinski definition) is 6. The summed E-state index contributed by atoms with van der Waals surface area (Å²) in [6.07, 6.45) is 0.217. The van der Waals surface area contributed by atoms with Crippen LogP contribution in [0, 0.1) is 11.6 Å². The molecule has 1 aromatic carbocycles. The summed E-state index contributed by atoms with van der Waals surface area (Å²) in [5, 5.41) is 9.95. The number of nitrogens with zero attached hydrogens (tertiary/aromatic N) is 2. The lowest BCUT2D eigenvalue weighted by molar-refractivity contribution is 0.0543. The lowest BCUT2D eigenvalue weighted by atomic mass is 10.1. The fourth-order valence-electron chi connectivity index (χ4n) is 2.45. The van der Waals surface area contributed by atoms with Crippen molar-refractivity contribution < 1.29 is 33.0 Å². The van der Waals surface area contributed by atoms with Gasteiger partial charge in [-0.15, -0.1) is 11.3 Å². The molecule has 0 spiro atoms. The molecule has 2 aromatic heterocycles. The molecule has 7 nitrogen and oxygen atoms in total. The van der Waals surface area contributed by atoms with Gasteiger partial charge in [-0.2, -0.15) is 0 Å². The minimum absolute atomic E-state index is 0.0261. The molecular weight excluding hydrogens is 394 g/mol. The van der Waals surface area contributed by atoms with Crippen LogP contribution in [-0.2, 0) is 4.74 Å². The first-order chi connectivity index (χ1) is 13.0. The van der Waals surface area contributed by atoms with Crippen molar-refractivity contribution in [3.05, 3.63) is 51.6 Å². The van der Waals surface area contributed by atoms with Crippen LogP contribution < -0.4 is 0 Å². The Morgan fingerprint density at radius 1 is 1.18 bits per heavy atom. The maximum atomic E-state index is 13.8. The number of aromatic nitrogens is 2. The predicted octanol–water partition coefficient (Wildman–Crippen LogP) is 4.09. The number of halogens is 2. The van der Waals surface area contributed by atoms with Gasteiger partial charge in [0.2, 0.25) is 5.78 Å². The zero-order valence-electron chi connectivity index (χ0n) is 14.9. The molecule has 0 saturated carbocycles. The van der Waals surface area contributed by atoms with Crippen molar-refractivity contribution in [1.82, 2.24) is 9.55 Å². The highest BCUT2D eigenvalue weighted by molar-refractivity contribution is 7.12. The molecule has 0 aliphatic rings. The maximum Gasteiger partial charge on any atom is 0.419 e. The molecule has 0 fully saturated rings. The molecule has 0 aliphatic heterocycles. The van der Waals surface area contributed by atoms with Crippen LogP contribution in [0.4, 0.5) is 13.6 Å². The van der Waals surface area contributed by atoms with E-state index in [1.54, 1.807) is 20.8 Å². The summed E-state index contributed by atoms with van der Waals surface area (Å²) in [5.41, 5.74) is -1.37. The van der Waals surface area contributed by atoms with Crippen molar-refractivity contribution in [1.29, 1.82) is 0 Å². The normalized spacial score (nSPS) is 11.6. The largest absolute Gasteiger partial charge is 0.476 e. The molecule has 146 valence electrons. The standard InChI is InChI=1S/C18H14F2N2O5S/c1-18(2,3)27-17(26)22-6-9(8-4-10(19)11(20)5-13(8)22)14(23)15-21-12(7-28-15)16(24)25/h4-7H,1-3H3,(H,24,25). The highest BCUT2D eigenvalue weighted by Gasteiger charge is 2.26. The average molecular weight is 408 g/mol. The molecular formula is C18H14F2N2O5S. The van der Waals surface area contributed by atoms with E-state index in [1.807, 2.05) is 0 Å². The summed E-state index contributed by atoms with van der Waals surface area (Å²) in [6, 6.07) is 1.58. The molecule has 0 radical (unpaired) electrons. The van der Waals surface area contributed by atoms with Gasteiger partial charge in [0.25, 0.3) is 0 Å². The van der Waals surface area contributed by atoms with Crippen LogP contribution in [0.5, 0.6) is 0 Å². The van der Waals surface area contributed by atoms with Crippen molar-refractivity contribution in [2.75, 3.05) is 0 Å². The number of fused-ring (bicyclic) bond motifs is 1. The number of carbonyl (C=O) groups is 3. The Hall–Kier alpha value is -3.14.